The van der Waals surface area contributed by atoms with E-state index in [1.165, 1.54) is 4.90 Å². The van der Waals surface area contributed by atoms with Gasteiger partial charge in [-0.05, 0) is 17.5 Å². The van der Waals surface area contributed by atoms with E-state index in [0.717, 1.165) is 10.4 Å². The Labute approximate surface area is 115 Å². The highest BCUT2D eigenvalue weighted by Gasteiger charge is 2.21. The Morgan fingerprint density at radius 1 is 1.53 bits per heavy atom. The normalized spacial score (nSPS) is 11.6. The highest BCUT2D eigenvalue weighted by Crippen LogP contribution is 2.19. The number of pyridine rings is 1. The molecule has 1 unspecified atom stereocenters. The highest BCUT2D eigenvalue weighted by molar-refractivity contribution is 7.10. The van der Waals surface area contributed by atoms with Crippen molar-refractivity contribution in [2.24, 2.45) is 0 Å². The van der Waals surface area contributed by atoms with Crippen LogP contribution in [0.4, 0.5) is 0 Å². The van der Waals surface area contributed by atoms with Gasteiger partial charge in [0.2, 0.25) is 5.91 Å². The van der Waals surface area contributed by atoms with E-state index in [1.807, 2.05) is 17.5 Å². The molecule has 2 rings (SSSR count). The zero-order valence-corrected chi connectivity index (χ0v) is 11.3. The van der Waals surface area contributed by atoms with Gasteiger partial charge in [-0.1, -0.05) is 12.1 Å². The molecule has 0 N–H and O–H groups in total. The highest BCUT2D eigenvalue weighted by atomic mass is 32.1. The molecular weight excluding hydrogens is 258 g/mol. The molecule has 5 heteroatoms. The van der Waals surface area contributed by atoms with Crippen molar-refractivity contribution in [3.05, 3.63) is 52.5 Å². The zero-order chi connectivity index (χ0) is 13.7. The topological polar surface area (TPSA) is 57.0 Å². The minimum Gasteiger partial charge on any atom is -0.325 e. The van der Waals surface area contributed by atoms with E-state index in [1.54, 1.807) is 42.9 Å². The van der Waals surface area contributed by atoms with E-state index in [2.05, 4.69) is 11.1 Å². The van der Waals surface area contributed by atoms with Crippen LogP contribution in [0.3, 0.4) is 0 Å². The summed E-state index contributed by atoms with van der Waals surface area (Å²) in [5.41, 5.74) is 0.729. The number of carbonyl (C=O) groups is 1. The quantitative estimate of drug-likeness (QED) is 0.858. The lowest BCUT2D eigenvalue weighted by Crippen LogP contribution is -2.31. The number of hydrogen-bond donors (Lipinski definition) is 0. The summed E-state index contributed by atoms with van der Waals surface area (Å²) in [4.78, 5) is 18.6. The summed E-state index contributed by atoms with van der Waals surface area (Å²) >= 11 is 1.54. The van der Waals surface area contributed by atoms with E-state index in [4.69, 9.17) is 0 Å². The summed E-state index contributed by atoms with van der Waals surface area (Å²) in [6.45, 7) is 0. The fourth-order valence-electron chi connectivity index (χ4n) is 1.75. The minimum atomic E-state index is -0.596. The predicted octanol–water partition coefficient (Wildman–Crippen LogP) is 2.41. The first-order valence-electron chi connectivity index (χ1n) is 5.80. The minimum absolute atomic E-state index is 0.0714. The SMILES string of the molecule is CN(C(=O)Cc1cccs1)C(C#N)c1cccnc1. The third-order valence-corrected chi connectivity index (χ3v) is 3.69. The van der Waals surface area contributed by atoms with Gasteiger partial charge in [-0.2, -0.15) is 5.26 Å². The number of nitriles is 1. The Bertz CT molecular complexity index is 574. The number of hydrogen-bond acceptors (Lipinski definition) is 4. The number of rotatable bonds is 4. The second kappa shape index (κ2) is 6.12. The first-order valence-corrected chi connectivity index (χ1v) is 6.68. The van der Waals surface area contributed by atoms with Crippen LogP contribution in [0.15, 0.2) is 42.0 Å². The molecular formula is C14H13N3OS. The van der Waals surface area contributed by atoms with Gasteiger partial charge in [0.05, 0.1) is 12.5 Å². The van der Waals surface area contributed by atoms with Crippen LogP contribution < -0.4 is 0 Å². The van der Waals surface area contributed by atoms with Crippen molar-refractivity contribution in [1.29, 1.82) is 5.26 Å². The number of amides is 1. The van der Waals surface area contributed by atoms with Crippen LogP contribution in [0.25, 0.3) is 0 Å². The monoisotopic (exact) mass is 271 g/mol. The smallest absolute Gasteiger partial charge is 0.228 e. The molecule has 0 bridgehead atoms. The largest absolute Gasteiger partial charge is 0.325 e. The van der Waals surface area contributed by atoms with Gasteiger partial charge in [0.25, 0.3) is 0 Å². The summed E-state index contributed by atoms with van der Waals surface area (Å²) in [6, 6.07) is 8.94. The molecule has 2 heterocycles. The van der Waals surface area contributed by atoms with Crippen molar-refractivity contribution in [3.8, 4) is 6.07 Å². The van der Waals surface area contributed by atoms with E-state index < -0.39 is 6.04 Å². The summed E-state index contributed by atoms with van der Waals surface area (Å²) in [6.07, 6.45) is 3.58. The third-order valence-electron chi connectivity index (χ3n) is 2.81. The molecule has 2 aromatic rings. The summed E-state index contributed by atoms with van der Waals surface area (Å²) < 4.78 is 0. The van der Waals surface area contributed by atoms with Crippen LogP contribution >= 0.6 is 11.3 Å². The molecule has 0 fully saturated rings. The van der Waals surface area contributed by atoms with Gasteiger partial charge in [0, 0.05) is 29.9 Å². The van der Waals surface area contributed by atoms with Gasteiger partial charge in [-0.25, -0.2) is 0 Å². The van der Waals surface area contributed by atoms with Crippen molar-refractivity contribution in [1.82, 2.24) is 9.88 Å². The molecule has 0 spiro atoms. The maximum Gasteiger partial charge on any atom is 0.228 e. The average Bonchev–Trinajstić information content (AvgIpc) is 2.93. The third kappa shape index (κ3) is 3.18. The summed E-state index contributed by atoms with van der Waals surface area (Å²) in [7, 11) is 1.65. The maximum absolute atomic E-state index is 12.1. The molecule has 0 aliphatic carbocycles. The molecule has 19 heavy (non-hydrogen) atoms. The fraction of sp³-hybridized carbons (Fsp3) is 0.214. The van der Waals surface area contributed by atoms with Gasteiger partial charge in [0.1, 0.15) is 6.04 Å². The van der Waals surface area contributed by atoms with Gasteiger partial charge in [0.15, 0.2) is 0 Å². The Kier molecular flexibility index (Phi) is 4.26. The first kappa shape index (κ1) is 13.2. The fourth-order valence-corrected chi connectivity index (χ4v) is 2.45. The van der Waals surface area contributed by atoms with Crippen LogP contribution in [-0.4, -0.2) is 22.8 Å². The molecule has 0 saturated heterocycles. The van der Waals surface area contributed by atoms with Crippen molar-refractivity contribution in [3.63, 3.8) is 0 Å². The average molecular weight is 271 g/mol. The summed E-state index contributed by atoms with van der Waals surface area (Å²) in [5.74, 6) is -0.0714. The van der Waals surface area contributed by atoms with Gasteiger partial charge < -0.3 is 4.90 Å². The Balaban J connectivity index is 2.11. The van der Waals surface area contributed by atoms with Crippen molar-refractivity contribution >= 4 is 17.2 Å². The van der Waals surface area contributed by atoms with Crippen LogP contribution in [-0.2, 0) is 11.2 Å². The van der Waals surface area contributed by atoms with Crippen molar-refractivity contribution in [2.45, 2.75) is 12.5 Å². The first-order chi connectivity index (χ1) is 9.22. The van der Waals surface area contributed by atoms with Crippen molar-refractivity contribution in [2.75, 3.05) is 7.05 Å². The van der Waals surface area contributed by atoms with E-state index in [-0.39, 0.29) is 5.91 Å². The number of aromatic nitrogens is 1. The van der Waals surface area contributed by atoms with Crippen LogP contribution in [0, 0.1) is 11.3 Å². The maximum atomic E-state index is 12.1. The molecule has 1 amide bonds. The lowest BCUT2D eigenvalue weighted by molar-refractivity contribution is -0.130. The van der Waals surface area contributed by atoms with Gasteiger partial charge in [-0.15, -0.1) is 11.3 Å². The predicted molar refractivity (Wildman–Crippen MR) is 73.4 cm³/mol. The molecule has 0 aromatic carbocycles. The number of nitrogens with zero attached hydrogens (tertiary/aromatic N) is 3. The lowest BCUT2D eigenvalue weighted by atomic mass is 10.1. The molecule has 1 atom stereocenters. The molecule has 4 nitrogen and oxygen atoms in total. The van der Waals surface area contributed by atoms with E-state index in [9.17, 15) is 10.1 Å². The molecule has 0 aliphatic rings. The standard InChI is InChI=1S/C14H13N3OS/c1-17(14(18)8-12-5-3-7-19-12)13(9-15)11-4-2-6-16-10-11/h2-7,10,13H,8H2,1H3. The summed E-state index contributed by atoms with van der Waals surface area (Å²) in [5, 5.41) is 11.2. The van der Waals surface area contributed by atoms with Crippen LogP contribution in [0.5, 0.6) is 0 Å². The Morgan fingerprint density at radius 3 is 2.95 bits per heavy atom. The zero-order valence-electron chi connectivity index (χ0n) is 10.5. The van der Waals surface area contributed by atoms with E-state index in [0.29, 0.717) is 6.42 Å². The van der Waals surface area contributed by atoms with Crippen molar-refractivity contribution < 1.29 is 4.79 Å². The van der Waals surface area contributed by atoms with Crippen LogP contribution in [0.1, 0.15) is 16.5 Å². The molecule has 0 saturated carbocycles. The van der Waals surface area contributed by atoms with Gasteiger partial charge >= 0.3 is 0 Å². The van der Waals surface area contributed by atoms with Gasteiger partial charge in [-0.3, -0.25) is 9.78 Å². The Hall–Kier alpha value is -2.19. The molecule has 2 aromatic heterocycles. The molecule has 0 aliphatic heterocycles. The molecule has 96 valence electrons. The Morgan fingerprint density at radius 2 is 2.37 bits per heavy atom. The molecule has 0 radical (unpaired) electrons. The number of likely N-dealkylation sites (N-methyl/N-ethyl adjacent to an activating group) is 1. The second-order valence-electron chi connectivity index (χ2n) is 4.08. The number of thiophene rings is 1. The number of carbonyl (C=O) groups excluding carboxylic acids is 1. The second-order valence-corrected chi connectivity index (χ2v) is 5.11. The lowest BCUT2D eigenvalue weighted by Gasteiger charge is -2.22. The van der Waals surface area contributed by atoms with E-state index >= 15 is 0 Å². The van der Waals surface area contributed by atoms with Crippen LogP contribution in [0.2, 0.25) is 0 Å².